The minimum atomic E-state index is -1.40. The molecule has 0 aliphatic carbocycles. The summed E-state index contributed by atoms with van der Waals surface area (Å²) in [5, 5.41) is 11.0. The normalized spacial score (nSPS) is 13.2. The number of esters is 1. The number of halogens is 2. The Morgan fingerprint density at radius 2 is 1.50 bits per heavy atom. The van der Waals surface area contributed by atoms with Crippen LogP contribution in [0.15, 0.2) is 48.5 Å². The van der Waals surface area contributed by atoms with Crippen LogP contribution in [0.4, 0.5) is 0 Å². The number of carbonyl (C=O) groups is 2. The summed E-state index contributed by atoms with van der Waals surface area (Å²) >= 11 is 11.7. The van der Waals surface area contributed by atoms with Gasteiger partial charge in [-0.2, -0.15) is 0 Å². The first-order valence-corrected chi connectivity index (χ1v) is 7.99. The van der Waals surface area contributed by atoms with E-state index < -0.39 is 18.0 Å². The Balaban J connectivity index is 2.34. The average Bonchev–Trinajstić information content (AvgIpc) is 2.59. The number of ether oxygens (including phenoxy) is 1. The first-order chi connectivity index (χ1) is 11.4. The predicted octanol–water partition coefficient (Wildman–Crippen LogP) is 3.88. The van der Waals surface area contributed by atoms with Crippen molar-refractivity contribution in [1.29, 1.82) is 0 Å². The van der Waals surface area contributed by atoms with Crippen LogP contribution in [0.3, 0.4) is 0 Å². The van der Waals surface area contributed by atoms with Gasteiger partial charge in [0.05, 0.1) is 13.0 Å². The number of hydrogen-bond acceptors (Lipinski definition) is 4. The number of Topliss-reactive ketones (excluding diaryl/α,β-unsaturated/α-hetero) is 1. The maximum Gasteiger partial charge on any atom is 0.334 e. The summed E-state index contributed by atoms with van der Waals surface area (Å²) in [6, 6.07) is 13.2. The van der Waals surface area contributed by atoms with Crippen molar-refractivity contribution in [1.82, 2.24) is 0 Å². The van der Waals surface area contributed by atoms with Gasteiger partial charge in [-0.25, -0.2) is 4.79 Å². The van der Waals surface area contributed by atoms with Crippen molar-refractivity contribution in [3.8, 4) is 0 Å². The Labute approximate surface area is 150 Å². The van der Waals surface area contributed by atoms with Crippen molar-refractivity contribution < 1.29 is 19.4 Å². The van der Waals surface area contributed by atoms with Gasteiger partial charge in [-0.3, -0.25) is 4.79 Å². The summed E-state index contributed by atoms with van der Waals surface area (Å²) in [7, 11) is 1.18. The van der Waals surface area contributed by atoms with Crippen LogP contribution in [0.5, 0.6) is 0 Å². The van der Waals surface area contributed by atoms with E-state index in [1.165, 1.54) is 7.11 Å². The van der Waals surface area contributed by atoms with Gasteiger partial charge in [0.15, 0.2) is 11.9 Å². The topological polar surface area (TPSA) is 63.6 Å². The fraction of sp³-hybridized carbons (Fsp3) is 0.222. The van der Waals surface area contributed by atoms with Crippen molar-refractivity contribution in [3.63, 3.8) is 0 Å². The molecule has 126 valence electrons. The Kier molecular flexibility index (Phi) is 6.37. The lowest BCUT2D eigenvalue weighted by molar-refractivity contribution is -0.150. The van der Waals surface area contributed by atoms with Crippen molar-refractivity contribution >= 4 is 35.0 Å². The van der Waals surface area contributed by atoms with E-state index in [-0.39, 0.29) is 12.2 Å². The highest BCUT2D eigenvalue weighted by atomic mass is 35.5. The lowest BCUT2D eigenvalue weighted by atomic mass is 9.86. The zero-order valence-corrected chi connectivity index (χ0v) is 14.4. The minimum Gasteiger partial charge on any atom is -0.467 e. The third kappa shape index (κ3) is 4.57. The van der Waals surface area contributed by atoms with Crippen LogP contribution in [-0.4, -0.2) is 30.1 Å². The van der Waals surface area contributed by atoms with Crippen molar-refractivity contribution in [2.45, 2.75) is 18.4 Å². The fourth-order valence-electron chi connectivity index (χ4n) is 2.36. The molecule has 2 aromatic rings. The van der Waals surface area contributed by atoms with Gasteiger partial charge in [0.25, 0.3) is 0 Å². The summed E-state index contributed by atoms with van der Waals surface area (Å²) < 4.78 is 4.53. The first kappa shape index (κ1) is 18.5. The molecule has 0 fully saturated rings. The molecule has 2 rings (SSSR count). The Morgan fingerprint density at radius 1 is 1.00 bits per heavy atom. The molecule has 0 saturated heterocycles. The molecule has 0 bridgehead atoms. The van der Waals surface area contributed by atoms with E-state index in [1.54, 1.807) is 48.5 Å². The van der Waals surface area contributed by atoms with Crippen LogP contribution in [0.25, 0.3) is 0 Å². The Hall–Kier alpha value is -1.88. The molecule has 1 N–H and O–H groups in total. The number of rotatable bonds is 6. The van der Waals surface area contributed by atoms with Crippen LogP contribution in [0.2, 0.25) is 10.0 Å². The summed E-state index contributed by atoms with van der Waals surface area (Å²) in [5.74, 6) is -1.72. The van der Waals surface area contributed by atoms with Crippen LogP contribution in [0.1, 0.15) is 28.3 Å². The Morgan fingerprint density at radius 3 is 2.00 bits per heavy atom. The molecule has 2 atom stereocenters. The molecule has 0 spiro atoms. The second-order valence-electron chi connectivity index (χ2n) is 5.25. The smallest absolute Gasteiger partial charge is 0.334 e. The molecule has 6 heteroatoms. The van der Waals surface area contributed by atoms with E-state index in [1.807, 2.05) is 0 Å². The van der Waals surface area contributed by atoms with Gasteiger partial charge >= 0.3 is 5.97 Å². The van der Waals surface area contributed by atoms with Crippen LogP contribution < -0.4 is 0 Å². The molecule has 0 aliphatic heterocycles. The lowest BCUT2D eigenvalue weighted by Crippen LogP contribution is -2.27. The highest BCUT2D eigenvalue weighted by molar-refractivity contribution is 6.31. The molecule has 24 heavy (non-hydrogen) atoms. The molecule has 0 saturated carbocycles. The zero-order chi connectivity index (χ0) is 17.7. The number of methoxy groups -OCH3 is 1. The average molecular weight is 367 g/mol. The Bertz CT molecular complexity index is 711. The summed E-state index contributed by atoms with van der Waals surface area (Å²) in [5.41, 5.74) is 1.10. The molecular weight excluding hydrogens is 351 g/mol. The maximum atomic E-state index is 12.8. The van der Waals surface area contributed by atoms with Crippen molar-refractivity contribution in [2.75, 3.05) is 7.11 Å². The molecule has 2 aromatic carbocycles. The van der Waals surface area contributed by atoms with Gasteiger partial charge in [0, 0.05) is 15.6 Å². The molecule has 0 radical (unpaired) electrons. The van der Waals surface area contributed by atoms with Crippen LogP contribution in [0, 0.1) is 0 Å². The van der Waals surface area contributed by atoms with E-state index in [0.717, 1.165) is 0 Å². The van der Waals surface area contributed by atoms with Gasteiger partial charge in [0.1, 0.15) is 0 Å². The number of hydrogen-bond donors (Lipinski definition) is 1. The highest BCUT2D eigenvalue weighted by Crippen LogP contribution is 2.28. The zero-order valence-electron chi connectivity index (χ0n) is 12.9. The fourth-order valence-corrected chi connectivity index (χ4v) is 2.61. The third-order valence-corrected chi connectivity index (χ3v) is 4.15. The van der Waals surface area contributed by atoms with E-state index >= 15 is 0 Å². The minimum absolute atomic E-state index is 0.0875. The standard InChI is InChI=1S/C18H16Cl2O4/c1-24-18(23)16(21)10-15(11-2-6-13(19)7-3-11)17(22)12-4-8-14(20)9-5-12/h2-9,15-16,21H,10H2,1H3/t15?,16-/m1/s1. The quantitative estimate of drug-likeness (QED) is 0.622. The molecule has 1 unspecified atom stereocenters. The van der Waals surface area contributed by atoms with Crippen LogP contribution >= 0.6 is 23.2 Å². The second-order valence-corrected chi connectivity index (χ2v) is 6.12. The summed E-state index contributed by atoms with van der Waals surface area (Å²) in [6.45, 7) is 0. The maximum absolute atomic E-state index is 12.8. The van der Waals surface area contributed by atoms with E-state index in [4.69, 9.17) is 23.2 Å². The largest absolute Gasteiger partial charge is 0.467 e. The van der Waals surface area contributed by atoms with Crippen molar-refractivity contribution in [3.05, 3.63) is 69.7 Å². The van der Waals surface area contributed by atoms with E-state index in [2.05, 4.69) is 4.74 Å². The molecule has 0 heterocycles. The summed E-state index contributed by atoms with van der Waals surface area (Å²) in [4.78, 5) is 24.4. The second kappa shape index (κ2) is 8.29. The van der Waals surface area contributed by atoms with Gasteiger partial charge in [0.2, 0.25) is 0 Å². The number of benzene rings is 2. The summed E-state index contributed by atoms with van der Waals surface area (Å²) in [6.07, 6.45) is -1.48. The van der Waals surface area contributed by atoms with E-state index in [9.17, 15) is 14.7 Å². The number of carbonyl (C=O) groups excluding carboxylic acids is 2. The van der Waals surface area contributed by atoms with Gasteiger partial charge in [-0.1, -0.05) is 35.3 Å². The molecule has 4 nitrogen and oxygen atoms in total. The first-order valence-electron chi connectivity index (χ1n) is 7.23. The predicted molar refractivity (Wildman–Crippen MR) is 92.6 cm³/mol. The van der Waals surface area contributed by atoms with Gasteiger partial charge in [-0.15, -0.1) is 0 Å². The molecule has 0 aromatic heterocycles. The SMILES string of the molecule is COC(=O)[C@H](O)CC(C(=O)c1ccc(Cl)cc1)c1ccc(Cl)cc1. The molecular formula is C18H16Cl2O4. The van der Waals surface area contributed by atoms with E-state index in [0.29, 0.717) is 21.2 Å². The van der Waals surface area contributed by atoms with Crippen molar-refractivity contribution in [2.24, 2.45) is 0 Å². The highest BCUT2D eigenvalue weighted by Gasteiger charge is 2.28. The molecule has 0 aliphatic rings. The lowest BCUT2D eigenvalue weighted by Gasteiger charge is -2.19. The number of aliphatic hydroxyl groups is 1. The molecule has 0 amide bonds. The van der Waals surface area contributed by atoms with Gasteiger partial charge in [-0.05, 0) is 48.4 Å². The van der Waals surface area contributed by atoms with Gasteiger partial charge < -0.3 is 9.84 Å². The number of ketones is 1. The monoisotopic (exact) mass is 366 g/mol. The third-order valence-electron chi connectivity index (χ3n) is 3.65. The van der Waals surface area contributed by atoms with Crippen LogP contribution in [-0.2, 0) is 9.53 Å². The number of aliphatic hydroxyl groups excluding tert-OH is 1.